The summed E-state index contributed by atoms with van der Waals surface area (Å²) in [5.41, 5.74) is 3.27. The third-order valence-corrected chi connectivity index (χ3v) is 6.33. The van der Waals surface area contributed by atoms with Crippen molar-refractivity contribution in [3.63, 3.8) is 0 Å². The first-order valence-electron chi connectivity index (χ1n) is 11.1. The summed E-state index contributed by atoms with van der Waals surface area (Å²) in [5, 5.41) is 28.2. The molecule has 2 unspecified atom stereocenters. The van der Waals surface area contributed by atoms with Gasteiger partial charge in [-0.2, -0.15) is 5.10 Å². The summed E-state index contributed by atoms with van der Waals surface area (Å²) in [6.45, 7) is 0. The van der Waals surface area contributed by atoms with E-state index < -0.39 is 21.8 Å². The lowest BCUT2D eigenvalue weighted by atomic mass is 9.77. The Labute approximate surface area is 199 Å². The van der Waals surface area contributed by atoms with Gasteiger partial charge in [0.05, 0.1) is 27.9 Å². The lowest BCUT2D eigenvalue weighted by Crippen LogP contribution is -2.31. The minimum absolute atomic E-state index is 0.0142. The molecule has 0 spiro atoms. The number of furan rings is 1. The van der Waals surface area contributed by atoms with Gasteiger partial charge in [-0.05, 0) is 66.3 Å². The van der Waals surface area contributed by atoms with Crippen molar-refractivity contribution >= 4 is 29.1 Å². The van der Waals surface area contributed by atoms with Crippen LogP contribution in [0.3, 0.4) is 0 Å². The highest BCUT2D eigenvalue weighted by atomic mass is 16.6. The second-order valence-corrected chi connectivity index (χ2v) is 8.42. The number of carbonyl (C=O) groups is 1. The molecule has 1 aromatic heterocycles. The number of nitro groups is 2. The molecule has 0 radical (unpaired) electrons. The first-order chi connectivity index (χ1) is 16.9. The van der Waals surface area contributed by atoms with E-state index in [1.54, 1.807) is 36.4 Å². The summed E-state index contributed by atoms with van der Waals surface area (Å²) in [5.74, 6) is -0.343. The van der Waals surface area contributed by atoms with Gasteiger partial charge in [-0.15, -0.1) is 0 Å². The number of allylic oxidation sites excluding steroid dienone is 1. The van der Waals surface area contributed by atoms with Crippen LogP contribution in [0.1, 0.15) is 47.0 Å². The highest BCUT2D eigenvalue weighted by Gasteiger charge is 2.44. The average molecular weight is 472 g/mol. The predicted octanol–water partition coefficient (Wildman–Crippen LogP) is 5.53. The molecule has 1 aliphatic carbocycles. The van der Waals surface area contributed by atoms with Crippen LogP contribution < -0.4 is 0 Å². The maximum Gasteiger partial charge on any atom is 0.310 e. The molecule has 3 aromatic rings. The van der Waals surface area contributed by atoms with Gasteiger partial charge in [-0.25, -0.2) is 5.01 Å². The van der Waals surface area contributed by atoms with Crippen LogP contribution in [0.25, 0.3) is 6.08 Å². The number of amides is 1. The molecular formula is C25H20N4O6. The van der Waals surface area contributed by atoms with Gasteiger partial charge in [0.15, 0.2) is 5.76 Å². The Balaban J connectivity index is 1.54. The van der Waals surface area contributed by atoms with Gasteiger partial charge in [-0.3, -0.25) is 25.0 Å². The maximum atomic E-state index is 13.3. The SMILES string of the molecule is O=C(c1ccco1)N1N=C2/C(=C/c3ccc([N+](=O)[O-])cc3)CCCC2C1c1ccc([N+](=O)[O-])cc1. The van der Waals surface area contributed by atoms with Crippen molar-refractivity contribution in [2.45, 2.75) is 25.3 Å². The van der Waals surface area contributed by atoms with Gasteiger partial charge in [0.2, 0.25) is 0 Å². The fourth-order valence-electron chi connectivity index (χ4n) is 4.70. The van der Waals surface area contributed by atoms with Crippen molar-refractivity contribution < 1.29 is 19.1 Å². The minimum Gasteiger partial charge on any atom is -0.459 e. The molecule has 1 aliphatic heterocycles. The molecule has 2 heterocycles. The van der Waals surface area contributed by atoms with Crippen molar-refractivity contribution in [3.05, 3.63) is 110 Å². The number of fused-ring (bicyclic) bond motifs is 1. The molecule has 1 saturated carbocycles. The lowest BCUT2D eigenvalue weighted by molar-refractivity contribution is -0.385. The van der Waals surface area contributed by atoms with E-state index in [1.807, 2.05) is 6.08 Å². The first kappa shape index (κ1) is 22.2. The molecule has 5 rings (SSSR count). The van der Waals surface area contributed by atoms with Crippen LogP contribution in [0.4, 0.5) is 11.4 Å². The van der Waals surface area contributed by atoms with E-state index in [2.05, 4.69) is 0 Å². The van der Waals surface area contributed by atoms with Crippen molar-refractivity contribution in [2.24, 2.45) is 11.0 Å². The van der Waals surface area contributed by atoms with E-state index in [9.17, 15) is 25.0 Å². The smallest absolute Gasteiger partial charge is 0.310 e. The standard InChI is InChI=1S/C25H20N4O6/c30-25(22-5-2-14-35-22)27-24(17-8-12-20(13-9-17)29(33)34)21-4-1-3-18(23(21)26-27)15-16-6-10-19(11-7-16)28(31)32/h2,5-15,21,24H,1,3-4H2/b18-15+. The van der Waals surface area contributed by atoms with Crippen molar-refractivity contribution in [1.29, 1.82) is 0 Å². The van der Waals surface area contributed by atoms with Crippen LogP contribution in [0, 0.1) is 26.1 Å². The molecule has 1 amide bonds. The first-order valence-corrected chi connectivity index (χ1v) is 11.1. The molecule has 2 aliphatic rings. The Morgan fingerprint density at radius 3 is 2.26 bits per heavy atom. The number of nitrogens with zero attached hydrogens (tertiary/aromatic N) is 4. The van der Waals surface area contributed by atoms with Crippen molar-refractivity contribution in [2.75, 3.05) is 0 Å². The number of carbonyl (C=O) groups excluding carboxylic acids is 1. The Hall–Kier alpha value is -4.60. The van der Waals surface area contributed by atoms with Crippen LogP contribution >= 0.6 is 0 Å². The Morgan fingerprint density at radius 1 is 1.00 bits per heavy atom. The second-order valence-electron chi connectivity index (χ2n) is 8.42. The van der Waals surface area contributed by atoms with Crippen molar-refractivity contribution in [1.82, 2.24) is 5.01 Å². The fourth-order valence-corrected chi connectivity index (χ4v) is 4.70. The lowest BCUT2D eigenvalue weighted by Gasteiger charge is -2.29. The Morgan fingerprint density at radius 2 is 1.66 bits per heavy atom. The van der Waals surface area contributed by atoms with Gasteiger partial charge in [0.1, 0.15) is 0 Å². The van der Waals surface area contributed by atoms with Gasteiger partial charge in [0.25, 0.3) is 11.4 Å². The maximum absolute atomic E-state index is 13.3. The number of benzene rings is 2. The zero-order chi connectivity index (χ0) is 24.5. The van der Waals surface area contributed by atoms with Crippen LogP contribution in [0.2, 0.25) is 0 Å². The summed E-state index contributed by atoms with van der Waals surface area (Å²) in [6, 6.07) is 15.2. The summed E-state index contributed by atoms with van der Waals surface area (Å²) >= 11 is 0. The molecule has 0 saturated heterocycles. The van der Waals surface area contributed by atoms with Crippen LogP contribution in [0.15, 0.2) is 82.0 Å². The molecule has 1 fully saturated rings. The van der Waals surface area contributed by atoms with Crippen LogP contribution in [-0.4, -0.2) is 26.5 Å². The summed E-state index contributed by atoms with van der Waals surface area (Å²) < 4.78 is 5.33. The molecule has 0 bridgehead atoms. The molecule has 2 atom stereocenters. The van der Waals surface area contributed by atoms with Gasteiger partial charge in [-0.1, -0.05) is 12.1 Å². The topological polar surface area (TPSA) is 132 Å². The van der Waals surface area contributed by atoms with E-state index in [1.165, 1.54) is 35.5 Å². The number of rotatable bonds is 5. The number of hydrogen-bond donors (Lipinski definition) is 0. The van der Waals surface area contributed by atoms with Gasteiger partial charge in [0, 0.05) is 30.2 Å². The van der Waals surface area contributed by atoms with E-state index >= 15 is 0 Å². The van der Waals surface area contributed by atoms with Crippen molar-refractivity contribution in [3.8, 4) is 0 Å². The summed E-state index contributed by atoms with van der Waals surface area (Å²) in [7, 11) is 0. The fraction of sp³-hybridized carbons (Fsp3) is 0.200. The molecule has 10 nitrogen and oxygen atoms in total. The third-order valence-electron chi connectivity index (χ3n) is 6.33. The summed E-state index contributed by atoms with van der Waals surface area (Å²) in [4.78, 5) is 34.5. The Bertz CT molecular complexity index is 1340. The van der Waals surface area contributed by atoms with E-state index in [0.717, 1.165) is 41.7 Å². The van der Waals surface area contributed by atoms with E-state index in [-0.39, 0.29) is 23.1 Å². The van der Waals surface area contributed by atoms with Gasteiger partial charge >= 0.3 is 5.91 Å². The molecule has 10 heteroatoms. The average Bonchev–Trinajstić information content (AvgIpc) is 3.53. The van der Waals surface area contributed by atoms with E-state index in [4.69, 9.17) is 9.52 Å². The highest BCUT2D eigenvalue weighted by molar-refractivity contribution is 6.09. The Kier molecular flexibility index (Phi) is 5.69. The molecule has 176 valence electrons. The minimum atomic E-state index is -0.461. The number of nitro benzene ring substituents is 2. The molecule has 0 N–H and O–H groups in total. The summed E-state index contributed by atoms with van der Waals surface area (Å²) in [6.07, 6.45) is 5.78. The quantitative estimate of drug-likeness (QED) is 0.354. The largest absolute Gasteiger partial charge is 0.459 e. The monoisotopic (exact) mass is 472 g/mol. The number of non-ortho nitro benzene ring substituents is 2. The molecule has 35 heavy (non-hydrogen) atoms. The highest BCUT2D eigenvalue weighted by Crippen LogP contribution is 2.45. The number of hydrazone groups is 1. The predicted molar refractivity (Wildman–Crippen MR) is 127 cm³/mol. The molecule has 2 aromatic carbocycles. The zero-order valence-corrected chi connectivity index (χ0v) is 18.4. The molecular weight excluding hydrogens is 452 g/mol. The van der Waals surface area contributed by atoms with Crippen LogP contribution in [-0.2, 0) is 0 Å². The van der Waals surface area contributed by atoms with Crippen LogP contribution in [0.5, 0.6) is 0 Å². The second kappa shape index (κ2) is 8.98. The zero-order valence-electron chi connectivity index (χ0n) is 18.4. The van der Waals surface area contributed by atoms with E-state index in [0.29, 0.717) is 0 Å². The number of hydrogen-bond acceptors (Lipinski definition) is 7. The third kappa shape index (κ3) is 4.21. The normalized spacial score (nSPS) is 20.4. The van der Waals surface area contributed by atoms with Gasteiger partial charge < -0.3 is 4.42 Å².